The zero-order valence-corrected chi connectivity index (χ0v) is 36.9. The molecule has 342 valence electrons. The Morgan fingerprint density at radius 2 is 1.08 bits per heavy atom. The highest BCUT2D eigenvalue weighted by atomic mass is 35.5. The van der Waals surface area contributed by atoms with Crippen LogP contribution in [-0.2, 0) is 32.3 Å². The van der Waals surface area contributed by atoms with Crippen molar-refractivity contribution in [2.75, 3.05) is 27.3 Å². The molecule has 0 spiro atoms. The number of hydrogen-bond acceptors (Lipinski definition) is 10. The van der Waals surface area contributed by atoms with Crippen LogP contribution < -0.4 is 20.1 Å². The molecule has 0 bridgehead atoms. The second kappa shape index (κ2) is 16.7. The normalized spacial score (nSPS) is 20.0. The number of alkyl carbamates (subject to hydrolysis) is 2. The summed E-state index contributed by atoms with van der Waals surface area (Å²) in [5.41, 5.74) is 4.56. The van der Waals surface area contributed by atoms with Crippen LogP contribution in [0.4, 0.5) is 27.2 Å². The van der Waals surface area contributed by atoms with Crippen molar-refractivity contribution in [2.24, 2.45) is 11.8 Å². The molecule has 4 aromatic rings. The van der Waals surface area contributed by atoms with Crippen LogP contribution in [0.3, 0.4) is 0 Å². The molecule has 4 aliphatic heterocycles. The molecular weight excluding hydrogens is 891 g/mol. The summed E-state index contributed by atoms with van der Waals surface area (Å²) in [5.74, 6) is -7.81. The van der Waals surface area contributed by atoms with Gasteiger partial charge in [-0.05, 0) is 36.1 Å². The van der Waals surface area contributed by atoms with Crippen LogP contribution in [0.25, 0.3) is 33.6 Å². The Hall–Kier alpha value is -5.76. The van der Waals surface area contributed by atoms with E-state index in [0.717, 1.165) is 35.1 Å². The number of aromatic amines is 2. The summed E-state index contributed by atoms with van der Waals surface area (Å²) in [6.45, 7) is 5.04. The number of carbonyl (C=O) groups excluding carboxylic acids is 4. The summed E-state index contributed by atoms with van der Waals surface area (Å²) in [6.07, 6.45) is -3.21. The maximum absolute atomic E-state index is 15.0. The Labute approximate surface area is 373 Å². The molecule has 64 heavy (non-hydrogen) atoms. The molecule has 2 saturated heterocycles. The summed E-state index contributed by atoms with van der Waals surface area (Å²) in [4.78, 5) is 68.3. The van der Waals surface area contributed by atoms with Gasteiger partial charge in [0.25, 0.3) is 11.8 Å². The zero-order valence-electron chi connectivity index (χ0n) is 35.3. The van der Waals surface area contributed by atoms with Crippen LogP contribution in [0.15, 0.2) is 24.3 Å². The molecule has 2 aromatic carbocycles. The van der Waals surface area contributed by atoms with E-state index < -0.39 is 97.8 Å². The zero-order chi connectivity index (χ0) is 46.2. The van der Waals surface area contributed by atoms with Gasteiger partial charge in [-0.3, -0.25) is 9.59 Å². The Kier molecular flexibility index (Phi) is 11.7. The molecule has 0 aliphatic carbocycles. The van der Waals surface area contributed by atoms with Gasteiger partial charge in [0.1, 0.15) is 48.4 Å². The van der Waals surface area contributed by atoms with Crippen molar-refractivity contribution < 1.29 is 55.7 Å². The largest absolute Gasteiger partial charge is 0.488 e. The monoisotopic (exact) mass is 934 g/mol. The predicted molar refractivity (Wildman–Crippen MR) is 222 cm³/mol. The molecule has 22 heteroatoms. The lowest BCUT2D eigenvalue weighted by molar-refractivity contribution is -0.137. The number of rotatable bonds is 10. The van der Waals surface area contributed by atoms with Crippen LogP contribution in [0.5, 0.6) is 11.5 Å². The molecule has 2 fully saturated rings. The standard InChI is InChI=1S/C42H44Cl2F4N8O8/c1-17(2)29(51-39(59)61-5)37(57)55-15-41(45,46)11-23(55)35-49-31(33(43)53-35)19-7-21-13-64-26-10-20(8-22-14-63-25(9-19)27(21)28(22)26)32-34(44)54-36(50-32)24-12-42(47,48)16-56(24)38(58)30(18(3)4)52-40(60)62-6/h7-10,17-18,23-24,29-30H,11-16H2,1-6H3,(H,49,53)(H,50,54)(H,51,59)(H,52,60)/t23-,24-,29-,30-/m0/s1. The van der Waals surface area contributed by atoms with Crippen molar-refractivity contribution in [3.05, 3.63) is 57.3 Å². The fourth-order valence-corrected chi connectivity index (χ4v) is 9.24. The molecule has 0 saturated carbocycles. The number of alkyl halides is 4. The molecule has 2 aromatic heterocycles. The van der Waals surface area contributed by atoms with Gasteiger partial charge in [-0.15, -0.1) is 0 Å². The van der Waals surface area contributed by atoms with Crippen LogP contribution in [-0.4, -0.2) is 105 Å². The third kappa shape index (κ3) is 8.25. The summed E-state index contributed by atoms with van der Waals surface area (Å²) >= 11 is 13.3. The average molecular weight is 936 g/mol. The fraction of sp³-hybridized carbons (Fsp3) is 0.476. The number of H-pyrrole nitrogens is 2. The minimum absolute atomic E-state index is 0.0293. The Morgan fingerprint density at radius 1 is 0.703 bits per heavy atom. The predicted octanol–water partition coefficient (Wildman–Crippen LogP) is 7.80. The van der Waals surface area contributed by atoms with E-state index in [2.05, 4.69) is 40.0 Å². The Bertz CT molecular complexity index is 2330. The molecule has 0 radical (unpaired) electrons. The van der Waals surface area contributed by atoms with Crippen molar-refractivity contribution in [1.82, 2.24) is 40.4 Å². The first-order valence-corrected chi connectivity index (χ1v) is 21.1. The van der Waals surface area contributed by atoms with Crippen LogP contribution in [0.1, 0.15) is 75.4 Å². The lowest BCUT2D eigenvalue weighted by Gasteiger charge is -2.30. The lowest BCUT2D eigenvalue weighted by Crippen LogP contribution is -2.51. The molecule has 8 rings (SSSR count). The third-order valence-electron chi connectivity index (χ3n) is 11.8. The number of aromatic nitrogens is 4. The number of ether oxygens (including phenoxy) is 4. The second-order valence-electron chi connectivity index (χ2n) is 17.0. The van der Waals surface area contributed by atoms with Gasteiger partial charge in [0.2, 0.25) is 11.8 Å². The maximum Gasteiger partial charge on any atom is 0.407 e. The van der Waals surface area contributed by atoms with Gasteiger partial charge in [0.15, 0.2) is 10.3 Å². The van der Waals surface area contributed by atoms with Gasteiger partial charge < -0.3 is 49.3 Å². The fourth-order valence-electron chi connectivity index (χ4n) is 8.75. The molecule has 4 atom stereocenters. The first-order chi connectivity index (χ1) is 30.2. The molecule has 4 amide bonds. The molecule has 16 nitrogen and oxygen atoms in total. The van der Waals surface area contributed by atoms with Crippen molar-refractivity contribution in [3.63, 3.8) is 0 Å². The van der Waals surface area contributed by atoms with E-state index in [1.807, 2.05) is 12.1 Å². The number of amides is 4. The highest BCUT2D eigenvalue weighted by Crippen LogP contribution is 2.52. The Morgan fingerprint density at radius 3 is 1.42 bits per heavy atom. The van der Waals surface area contributed by atoms with E-state index in [1.165, 1.54) is 0 Å². The summed E-state index contributed by atoms with van der Waals surface area (Å²) in [5, 5.41) is 4.83. The molecule has 6 heterocycles. The number of likely N-dealkylation sites (tertiary alicyclic amines) is 2. The van der Waals surface area contributed by atoms with Gasteiger partial charge in [0.05, 0.1) is 50.8 Å². The van der Waals surface area contributed by atoms with E-state index in [1.54, 1.807) is 39.8 Å². The molecule has 0 unspecified atom stereocenters. The number of halogens is 6. The van der Waals surface area contributed by atoms with E-state index in [0.29, 0.717) is 45.1 Å². The molecule has 4 N–H and O–H groups in total. The maximum atomic E-state index is 15.0. The number of imidazole rings is 2. The van der Waals surface area contributed by atoms with Crippen molar-refractivity contribution in [1.29, 1.82) is 0 Å². The quantitative estimate of drug-likeness (QED) is 0.114. The smallest absolute Gasteiger partial charge is 0.407 e. The van der Waals surface area contributed by atoms with E-state index in [9.17, 15) is 19.2 Å². The van der Waals surface area contributed by atoms with Crippen molar-refractivity contribution in [3.8, 4) is 45.1 Å². The number of hydrogen-bond donors (Lipinski definition) is 4. The van der Waals surface area contributed by atoms with Gasteiger partial charge in [-0.2, -0.15) is 0 Å². The summed E-state index contributed by atoms with van der Waals surface area (Å²) in [7, 11) is 2.27. The number of methoxy groups -OCH3 is 2. The minimum Gasteiger partial charge on any atom is -0.488 e. The van der Waals surface area contributed by atoms with Gasteiger partial charge in [0, 0.05) is 46.2 Å². The van der Waals surface area contributed by atoms with Gasteiger partial charge in [-0.1, -0.05) is 50.9 Å². The highest BCUT2D eigenvalue weighted by Gasteiger charge is 2.52. The van der Waals surface area contributed by atoms with Gasteiger partial charge >= 0.3 is 12.2 Å². The van der Waals surface area contributed by atoms with Crippen molar-refractivity contribution in [2.45, 2.75) is 89.8 Å². The van der Waals surface area contributed by atoms with Gasteiger partial charge in [-0.25, -0.2) is 37.1 Å². The van der Waals surface area contributed by atoms with Crippen LogP contribution >= 0.6 is 23.2 Å². The highest BCUT2D eigenvalue weighted by molar-refractivity contribution is 6.32. The minimum atomic E-state index is -3.25. The molecular formula is C42H44Cl2F4N8O8. The number of carbonyl (C=O) groups is 4. The summed E-state index contributed by atoms with van der Waals surface area (Å²) < 4.78 is 81.9. The van der Waals surface area contributed by atoms with Crippen LogP contribution in [0.2, 0.25) is 10.3 Å². The lowest BCUT2D eigenvalue weighted by atomic mass is 9.87. The van der Waals surface area contributed by atoms with Crippen molar-refractivity contribution >= 4 is 47.2 Å². The first-order valence-electron chi connectivity index (χ1n) is 20.4. The van der Waals surface area contributed by atoms with E-state index >= 15 is 17.6 Å². The molecule has 4 aliphatic rings. The van der Waals surface area contributed by atoms with E-state index in [-0.39, 0.29) is 35.2 Å². The van der Waals surface area contributed by atoms with Crippen LogP contribution in [0, 0.1) is 11.8 Å². The average Bonchev–Trinajstić information content (AvgIpc) is 4.01. The second-order valence-corrected chi connectivity index (χ2v) is 17.7. The first kappa shape index (κ1) is 44.8. The number of nitrogens with zero attached hydrogens (tertiary/aromatic N) is 4. The number of benzene rings is 2. The summed E-state index contributed by atoms with van der Waals surface area (Å²) in [6, 6.07) is 2.43. The topological polar surface area (TPSA) is 193 Å². The SMILES string of the molecule is COC(=O)N[C@H](C(=O)N1CC(F)(F)C[C@H]1c1nc(Cl)c(-c2cc3c4c(c2)OCc2cc(-c5[nH]c([C@@H]6CC(F)(F)CN6C(=O)[C@@H](NC(=O)OC)C(C)C)nc5Cl)cc(c2-4)OC3)[nH]1)C(C)C. The number of nitrogens with one attached hydrogen (secondary N) is 4. The van der Waals surface area contributed by atoms with E-state index in [4.69, 9.17) is 32.7 Å². The third-order valence-corrected chi connectivity index (χ3v) is 12.4. The Balaban J connectivity index is 1.07.